The second kappa shape index (κ2) is 6.06. The monoisotopic (exact) mass is 265 g/mol. The van der Waals surface area contributed by atoms with Crippen LogP contribution in [-0.2, 0) is 6.54 Å². The molecule has 19 heavy (non-hydrogen) atoms. The molecule has 0 aromatic carbocycles. The fraction of sp³-hybridized carbons (Fsp3) is 0.692. The third-order valence-electron chi connectivity index (χ3n) is 3.65. The number of rotatable bonds is 5. The Labute approximate surface area is 113 Å². The molecule has 1 atom stereocenters. The van der Waals surface area contributed by atoms with Crippen LogP contribution in [-0.4, -0.2) is 46.3 Å². The summed E-state index contributed by atoms with van der Waals surface area (Å²) in [6.45, 7) is 7.70. The van der Waals surface area contributed by atoms with Crippen LogP contribution >= 0.6 is 0 Å². The van der Waals surface area contributed by atoms with Crippen molar-refractivity contribution in [2.45, 2.75) is 39.3 Å². The number of likely N-dealkylation sites (tertiary alicyclic amines) is 1. The zero-order valence-electron chi connectivity index (χ0n) is 11.7. The fourth-order valence-corrected chi connectivity index (χ4v) is 2.41. The summed E-state index contributed by atoms with van der Waals surface area (Å²) < 4.78 is 1.67. The van der Waals surface area contributed by atoms with Crippen LogP contribution in [0.2, 0.25) is 0 Å². The van der Waals surface area contributed by atoms with Crippen molar-refractivity contribution in [1.82, 2.24) is 20.0 Å². The number of nitrogen functional groups attached to an aromatic ring is 1. The molecule has 0 spiro atoms. The average molecular weight is 265 g/mol. The van der Waals surface area contributed by atoms with E-state index in [4.69, 9.17) is 5.73 Å². The zero-order chi connectivity index (χ0) is 13.8. The third kappa shape index (κ3) is 3.26. The maximum atomic E-state index is 12.0. The van der Waals surface area contributed by atoms with E-state index in [1.165, 1.54) is 12.8 Å². The summed E-state index contributed by atoms with van der Waals surface area (Å²) in [4.78, 5) is 14.4. The Balaban J connectivity index is 1.88. The van der Waals surface area contributed by atoms with Crippen LogP contribution < -0.4 is 11.1 Å². The van der Waals surface area contributed by atoms with Crippen LogP contribution in [0.4, 0.5) is 5.69 Å². The van der Waals surface area contributed by atoms with Gasteiger partial charge in [0.25, 0.3) is 5.91 Å². The van der Waals surface area contributed by atoms with E-state index in [1.54, 1.807) is 10.9 Å². The van der Waals surface area contributed by atoms with Crippen molar-refractivity contribution in [2.24, 2.45) is 0 Å². The van der Waals surface area contributed by atoms with E-state index in [-0.39, 0.29) is 5.91 Å². The number of aryl methyl sites for hydroxylation is 1. The standard InChI is InChI=1S/C13H23N5O/c1-3-18-9-11(14)12(16-18)13(19)15-8-10(2)17-6-4-5-7-17/h9-10H,3-8,14H2,1-2H3,(H,15,19). The van der Waals surface area contributed by atoms with Crippen LogP contribution in [0.5, 0.6) is 0 Å². The van der Waals surface area contributed by atoms with Crippen LogP contribution in [0.1, 0.15) is 37.2 Å². The van der Waals surface area contributed by atoms with Gasteiger partial charge in [0.15, 0.2) is 5.69 Å². The summed E-state index contributed by atoms with van der Waals surface area (Å²) >= 11 is 0. The summed E-state index contributed by atoms with van der Waals surface area (Å²) in [5.74, 6) is -0.184. The van der Waals surface area contributed by atoms with E-state index in [0.29, 0.717) is 30.5 Å². The largest absolute Gasteiger partial charge is 0.396 e. The first kappa shape index (κ1) is 13.9. The van der Waals surface area contributed by atoms with E-state index in [0.717, 1.165) is 13.1 Å². The summed E-state index contributed by atoms with van der Waals surface area (Å²) in [6, 6.07) is 0.362. The van der Waals surface area contributed by atoms with Crippen molar-refractivity contribution < 1.29 is 4.79 Å². The number of aromatic nitrogens is 2. The smallest absolute Gasteiger partial charge is 0.273 e. The molecule has 1 aliphatic rings. The molecule has 6 heteroatoms. The zero-order valence-corrected chi connectivity index (χ0v) is 11.7. The van der Waals surface area contributed by atoms with Gasteiger partial charge < -0.3 is 11.1 Å². The molecule has 2 heterocycles. The summed E-state index contributed by atoms with van der Waals surface area (Å²) in [5, 5.41) is 7.09. The van der Waals surface area contributed by atoms with Gasteiger partial charge in [-0.1, -0.05) is 0 Å². The second-order valence-electron chi connectivity index (χ2n) is 5.09. The predicted octanol–water partition coefficient (Wildman–Crippen LogP) is 0.699. The number of amides is 1. The Kier molecular flexibility index (Phi) is 4.42. The topological polar surface area (TPSA) is 76.2 Å². The SMILES string of the molecule is CCn1cc(N)c(C(=O)NCC(C)N2CCCC2)n1. The molecule has 1 aliphatic heterocycles. The van der Waals surface area contributed by atoms with Crippen molar-refractivity contribution in [1.29, 1.82) is 0 Å². The van der Waals surface area contributed by atoms with Gasteiger partial charge in [-0.2, -0.15) is 5.10 Å². The number of nitrogens with one attached hydrogen (secondary N) is 1. The number of hydrogen-bond acceptors (Lipinski definition) is 4. The Morgan fingerprint density at radius 1 is 1.53 bits per heavy atom. The number of anilines is 1. The first-order valence-electron chi connectivity index (χ1n) is 6.97. The molecule has 1 aromatic rings. The van der Waals surface area contributed by atoms with E-state index in [2.05, 4.69) is 22.2 Å². The minimum atomic E-state index is -0.184. The van der Waals surface area contributed by atoms with Crippen molar-refractivity contribution in [3.63, 3.8) is 0 Å². The quantitative estimate of drug-likeness (QED) is 0.821. The minimum absolute atomic E-state index is 0.184. The lowest BCUT2D eigenvalue weighted by molar-refractivity contribution is 0.0935. The van der Waals surface area contributed by atoms with Crippen LogP contribution in [0.25, 0.3) is 0 Å². The minimum Gasteiger partial charge on any atom is -0.396 e. The molecule has 3 N–H and O–H groups in total. The molecule has 1 aromatic heterocycles. The molecule has 2 rings (SSSR count). The van der Waals surface area contributed by atoms with Gasteiger partial charge in [-0.3, -0.25) is 14.4 Å². The lowest BCUT2D eigenvalue weighted by Crippen LogP contribution is -2.40. The van der Waals surface area contributed by atoms with Crippen LogP contribution in [0.15, 0.2) is 6.20 Å². The lowest BCUT2D eigenvalue weighted by Gasteiger charge is -2.23. The normalized spacial score (nSPS) is 17.6. The van der Waals surface area contributed by atoms with Gasteiger partial charge in [-0.15, -0.1) is 0 Å². The first-order chi connectivity index (χ1) is 9.11. The van der Waals surface area contributed by atoms with Gasteiger partial charge in [0, 0.05) is 25.3 Å². The summed E-state index contributed by atoms with van der Waals surface area (Å²) in [7, 11) is 0. The second-order valence-corrected chi connectivity index (χ2v) is 5.09. The molecule has 0 saturated carbocycles. The highest BCUT2D eigenvalue weighted by atomic mass is 16.2. The maximum absolute atomic E-state index is 12.0. The third-order valence-corrected chi connectivity index (χ3v) is 3.65. The average Bonchev–Trinajstić information content (AvgIpc) is 3.04. The van der Waals surface area contributed by atoms with Gasteiger partial charge in [0.1, 0.15) is 0 Å². The molecular weight excluding hydrogens is 242 g/mol. The van der Waals surface area contributed by atoms with E-state index < -0.39 is 0 Å². The predicted molar refractivity (Wildman–Crippen MR) is 74.9 cm³/mol. The molecule has 0 aliphatic carbocycles. The van der Waals surface area contributed by atoms with E-state index >= 15 is 0 Å². The highest BCUT2D eigenvalue weighted by molar-refractivity contribution is 5.96. The van der Waals surface area contributed by atoms with Crippen molar-refractivity contribution in [3.05, 3.63) is 11.9 Å². The summed E-state index contributed by atoms with van der Waals surface area (Å²) in [6.07, 6.45) is 4.21. The summed E-state index contributed by atoms with van der Waals surface area (Å²) in [5.41, 5.74) is 6.56. The maximum Gasteiger partial charge on any atom is 0.273 e. The van der Waals surface area contributed by atoms with Crippen LogP contribution in [0.3, 0.4) is 0 Å². The van der Waals surface area contributed by atoms with Crippen molar-refractivity contribution >= 4 is 11.6 Å². The lowest BCUT2D eigenvalue weighted by atomic mass is 10.3. The van der Waals surface area contributed by atoms with E-state index in [9.17, 15) is 4.79 Å². The van der Waals surface area contributed by atoms with Gasteiger partial charge in [-0.25, -0.2) is 0 Å². The number of nitrogens with two attached hydrogens (primary N) is 1. The van der Waals surface area contributed by atoms with Gasteiger partial charge in [-0.05, 0) is 39.8 Å². The highest BCUT2D eigenvalue weighted by Gasteiger charge is 2.20. The number of carbonyl (C=O) groups is 1. The highest BCUT2D eigenvalue weighted by Crippen LogP contribution is 2.12. The molecule has 0 radical (unpaired) electrons. The molecule has 106 valence electrons. The molecule has 6 nitrogen and oxygen atoms in total. The molecular formula is C13H23N5O. The number of nitrogens with zero attached hydrogens (tertiary/aromatic N) is 3. The van der Waals surface area contributed by atoms with Crippen LogP contribution in [0, 0.1) is 0 Å². The fourth-order valence-electron chi connectivity index (χ4n) is 2.41. The Bertz CT molecular complexity index is 436. The number of hydrogen-bond donors (Lipinski definition) is 2. The molecule has 1 amide bonds. The van der Waals surface area contributed by atoms with E-state index in [1.807, 2.05) is 6.92 Å². The molecule has 1 fully saturated rings. The van der Waals surface area contributed by atoms with Gasteiger partial charge in [0.2, 0.25) is 0 Å². The Hall–Kier alpha value is -1.56. The molecule has 1 saturated heterocycles. The van der Waals surface area contributed by atoms with Gasteiger partial charge in [0.05, 0.1) is 5.69 Å². The number of carbonyl (C=O) groups excluding carboxylic acids is 1. The first-order valence-corrected chi connectivity index (χ1v) is 6.97. The molecule has 1 unspecified atom stereocenters. The Morgan fingerprint density at radius 2 is 2.21 bits per heavy atom. The Morgan fingerprint density at radius 3 is 2.79 bits per heavy atom. The molecule has 0 bridgehead atoms. The van der Waals surface area contributed by atoms with Crippen molar-refractivity contribution in [2.75, 3.05) is 25.4 Å². The van der Waals surface area contributed by atoms with Gasteiger partial charge >= 0.3 is 0 Å². The van der Waals surface area contributed by atoms with Crippen molar-refractivity contribution in [3.8, 4) is 0 Å².